The molecule has 0 fully saturated rings. The lowest BCUT2D eigenvalue weighted by molar-refractivity contribution is 0.678. The van der Waals surface area contributed by atoms with E-state index in [1.807, 2.05) is 6.07 Å². The van der Waals surface area contributed by atoms with Crippen molar-refractivity contribution in [2.75, 3.05) is 23.7 Å². The molecule has 0 aromatic heterocycles. The summed E-state index contributed by atoms with van der Waals surface area (Å²) in [5, 5.41) is 8.84. The van der Waals surface area contributed by atoms with Gasteiger partial charge in [-0.1, -0.05) is 26.7 Å². The molecular formula is C16H25N3. The first kappa shape index (κ1) is 15.4. The Morgan fingerprint density at radius 2 is 1.79 bits per heavy atom. The number of benzene rings is 1. The topological polar surface area (TPSA) is 53.0 Å². The first-order valence-corrected chi connectivity index (χ1v) is 7.23. The second kappa shape index (κ2) is 8.42. The van der Waals surface area contributed by atoms with Gasteiger partial charge >= 0.3 is 0 Å². The summed E-state index contributed by atoms with van der Waals surface area (Å²) in [6.45, 7) is 6.57. The number of nitriles is 1. The smallest absolute Gasteiger partial charge is 0.0670 e. The standard InChI is InChI=1S/C16H25N3/c1-3-5-11-19(12-6-4-2)15-7-8-16(18)14(13-15)9-10-17/h7-8,13H,3-6,9,11-12,18H2,1-2H3. The van der Waals surface area contributed by atoms with Gasteiger partial charge in [0.15, 0.2) is 0 Å². The molecule has 0 heterocycles. The molecule has 0 aliphatic rings. The van der Waals surface area contributed by atoms with Crippen molar-refractivity contribution >= 4 is 11.4 Å². The van der Waals surface area contributed by atoms with Gasteiger partial charge in [0.2, 0.25) is 0 Å². The van der Waals surface area contributed by atoms with E-state index in [1.54, 1.807) is 0 Å². The molecule has 0 saturated heterocycles. The Hall–Kier alpha value is -1.69. The third-order valence-electron chi connectivity index (χ3n) is 3.32. The van der Waals surface area contributed by atoms with Crippen LogP contribution < -0.4 is 10.6 Å². The van der Waals surface area contributed by atoms with E-state index in [2.05, 4.69) is 36.9 Å². The van der Waals surface area contributed by atoms with E-state index in [1.165, 1.54) is 31.4 Å². The molecule has 0 saturated carbocycles. The molecule has 3 nitrogen and oxygen atoms in total. The van der Waals surface area contributed by atoms with Crippen LogP contribution in [0.15, 0.2) is 18.2 Å². The number of rotatable bonds is 8. The fraction of sp³-hybridized carbons (Fsp3) is 0.562. The zero-order valence-electron chi connectivity index (χ0n) is 12.2. The van der Waals surface area contributed by atoms with Gasteiger partial charge in [-0.25, -0.2) is 0 Å². The fourth-order valence-corrected chi connectivity index (χ4v) is 2.10. The molecule has 0 atom stereocenters. The van der Waals surface area contributed by atoms with Crippen LogP contribution in [0.4, 0.5) is 11.4 Å². The summed E-state index contributed by atoms with van der Waals surface area (Å²) in [5.74, 6) is 0. The molecule has 1 aromatic rings. The van der Waals surface area contributed by atoms with Gasteiger partial charge in [-0.2, -0.15) is 5.26 Å². The monoisotopic (exact) mass is 259 g/mol. The van der Waals surface area contributed by atoms with Crippen molar-refractivity contribution in [3.05, 3.63) is 23.8 Å². The van der Waals surface area contributed by atoms with E-state index in [9.17, 15) is 0 Å². The minimum atomic E-state index is 0.384. The van der Waals surface area contributed by atoms with Gasteiger partial charge in [0, 0.05) is 24.5 Å². The highest BCUT2D eigenvalue weighted by molar-refractivity contribution is 5.59. The minimum absolute atomic E-state index is 0.384. The Kier molecular flexibility index (Phi) is 6.81. The van der Waals surface area contributed by atoms with Crippen LogP contribution in [0.25, 0.3) is 0 Å². The molecule has 0 bridgehead atoms. The molecule has 1 aromatic carbocycles. The van der Waals surface area contributed by atoms with Gasteiger partial charge < -0.3 is 10.6 Å². The van der Waals surface area contributed by atoms with Crippen molar-refractivity contribution in [1.29, 1.82) is 5.26 Å². The summed E-state index contributed by atoms with van der Waals surface area (Å²) >= 11 is 0. The van der Waals surface area contributed by atoms with Crippen LogP contribution in [0.3, 0.4) is 0 Å². The second-order valence-electron chi connectivity index (χ2n) is 4.91. The Morgan fingerprint density at radius 3 is 2.32 bits per heavy atom. The Morgan fingerprint density at radius 1 is 1.16 bits per heavy atom. The van der Waals surface area contributed by atoms with E-state index in [4.69, 9.17) is 11.0 Å². The highest BCUT2D eigenvalue weighted by atomic mass is 15.1. The normalized spacial score (nSPS) is 10.2. The average Bonchev–Trinajstić information content (AvgIpc) is 2.42. The predicted octanol–water partition coefficient (Wildman–Crippen LogP) is 3.74. The fourth-order valence-electron chi connectivity index (χ4n) is 2.10. The largest absolute Gasteiger partial charge is 0.398 e. The molecule has 1 rings (SSSR count). The summed E-state index contributed by atoms with van der Waals surface area (Å²) in [6.07, 6.45) is 5.17. The Bertz CT molecular complexity index is 412. The molecular weight excluding hydrogens is 234 g/mol. The van der Waals surface area contributed by atoms with Gasteiger partial charge in [-0.05, 0) is 36.6 Å². The highest BCUT2D eigenvalue weighted by Gasteiger charge is 2.08. The lowest BCUT2D eigenvalue weighted by Crippen LogP contribution is -2.25. The average molecular weight is 259 g/mol. The van der Waals surface area contributed by atoms with Gasteiger partial charge in [0.25, 0.3) is 0 Å². The summed E-state index contributed by atoms with van der Waals surface area (Å²) in [6, 6.07) is 8.25. The van der Waals surface area contributed by atoms with Crippen molar-refractivity contribution in [1.82, 2.24) is 0 Å². The molecule has 0 radical (unpaired) electrons. The molecule has 0 unspecified atom stereocenters. The maximum atomic E-state index is 8.84. The van der Waals surface area contributed by atoms with Crippen molar-refractivity contribution in [3.8, 4) is 6.07 Å². The van der Waals surface area contributed by atoms with Crippen molar-refractivity contribution in [2.45, 2.75) is 46.0 Å². The van der Waals surface area contributed by atoms with Crippen LogP contribution in [0.5, 0.6) is 0 Å². The number of nitrogen functional groups attached to an aromatic ring is 1. The predicted molar refractivity (Wildman–Crippen MR) is 82.2 cm³/mol. The van der Waals surface area contributed by atoms with Crippen LogP contribution in [0, 0.1) is 11.3 Å². The number of unbranched alkanes of at least 4 members (excludes halogenated alkanes) is 2. The Labute approximate surface area is 117 Å². The zero-order valence-corrected chi connectivity index (χ0v) is 12.2. The third-order valence-corrected chi connectivity index (χ3v) is 3.32. The minimum Gasteiger partial charge on any atom is -0.398 e. The third kappa shape index (κ3) is 4.82. The molecule has 0 spiro atoms. The quantitative estimate of drug-likeness (QED) is 0.723. The van der Waals surface area contributed by atoms with Crippen LogP contribution in [0.2, 0.25) is 0 Å². The van der Waals surface area contributed by atoms with E-state index in [0.717, 1.165) is 24.3 Å². The molecule has 0 amide bonds. The summed E-state index contributed by atoms with van der Waals surface area (Å²) in [4.78, 5) is 2.41. The van der Waals surface area contributed by atoms with Gasteiger partial charge in [0.05, 0.1) is 12.5 Å². The van der Waals surface area contributed by atoms with E-state index in [0.29, 0.717) is 6.42 Å². The summed E-state index contributed by atoms with van der Waals surface area (Å²) < 4.78 is 0. The van der Waals surface area contributed by atoms with Gasteiger partial charge in [0.1, 0.15) is 0 Å². The van der Waals surface area contributed by atoms with E-state index >= 15 is 0 Å². The molecule has 19 heavy (non-hydrogen) atoms. The number of nitrogens with zero attached hydrogens (tertiary/aromatic N) is 2. The number of nitrogens with two attached hydrogens (primary N) is 1. The van der Waals surface area contributed by atoms with Crippen LogP contribution in [-0.2, 0) is 6.42 Å². The SMILES string of the molecule is CCCCN(CCCC)c1ccc(N)c(CC#N)c1. The van der Waals surface area contributed by atoms with Crippen LogP contribution in [0.1, 0.15) is 45.1 Å². The van der Waals surface area contributed by atoms with Gasteiger partial charge in [-0.3, -0.25) is 0 Å². The summed E-state index contributed by atoms with van der Waals surface area (Å²) in [5.41, 5.74) is 8.76. The van der Waals surface area contributed by atoms with Crippen LogP contribution in [-0.4, -0.2) is 13.1 Å². The zero-order chi connectivity index (χ0) is 14.1. The maximum Gasteiger partial charge on any atom is 0.0670 e. The van der Waals surface area contributed by atoms with Crippen molar-refractivity contribution in [2.24, 2.45) is 0 Å². The van der Waals surface area contributed by atoms with Crippen LogP contribution >= 0.6 is 0 Å². The van der Waals surface area contributed by atoms with Crippen molar-refractivity contribution in [3.63, 3.8) is 0 Å². The van der Waals surface area contributed by atoms with E-state index in [-0.39, 0.29) is 0 Å². The molecule has 2 N–H and O–H groups in total. The number of anilines is 2. The highest BCUT2D eigenvalue weighted by Crippen LogP contribution is 2.22. The number of hydrogen-bond acceptors (Lipinski definition) is 3. The number of hydrogen-bond donors (Lipinski definition) is 1. The first-order chi connectivity index (χ1) is 9.22. The maximum absolute atomic E-state index is 8.84. The lowest BCUT2D eigenvalue weighted by atomic mass is 10.1. The molecule has 104 valence electrons. The molecule has 3 heteroatoms. The van der Waals surface area contributed by atoms with Crippen molar-refractivity contribution < 1.29 is 0 Å². The Balaban J connectivity index is 2.87. The first-order valence-electron chi connectivity index (χ1n) is 7.23. The molecule has 0 aliphatic carbocycles. The second-order valence-corrected chi connectivity index (χ2v) is 4.91. The lowest BCUT2D eigenvalue weighted by Gasteiger charge is -2.25. The summed E-state index contributed by atoms with van der Waals surface area (Å²) in [7, 11) is 0. The van der Waals surface area contributed by atoms with Gasteiger partial charge in [-0.15, -0.1) is 0 Å². The molecule has 0 aliphatic heterocycles. The van der Waals surface area contributed by atoms with E-state index < -0.39 is 0 Å².